The zero-order valence-electron chi connectivity index (χ0n) is 14.0. The molecule has 0 spiro atoms. The molecular formula is C17H15ClFN5O2. The van der Waals surface area contributed by atoms with E-state index < -0.39 is 11.8 Å². The molecule has 2 N–H and O–H groups in total. The molecule has 9 heteroatoms. The molecular weight excluding hydrogens is 361 g/mol. The highest BCUT2D eigenvalue weighted by Crippen LogP contribution is 2.25. The number of pyridine rings is 1. The minimum atomic E-state index is -0.611. The van der Waals surface area contributed by atoms with Crippen molar-refractivity contribution in [3.8, 4) is 0 Å². The fourth-order valence-corrected chi connectivity index (χ4v) is 2.65. The molecule has 7 nitrogen and oxygen atoms in total. The van der Waals surface area contributed by atoms with Gasteiger partial charge in [-0.05, 0) is 24.6 Å². The summed E-state index contributed by atoms with van der Waals surface area (Å²) in [7, 11) is 1.80. The van der Waals surface area contributed by atoms with Crippen molar-refractivity contribution in [2.75, 3.05) is 0 Å². The summed E-state index contributed by atoms with van der Waals surface area (Å²) in [5.74, 6) is -0.742. The average molecular weight is 376 g/mol. The number of hydrazine groups is 1. The van der Waals surface area contributed by atoms with E-state index >= 15 is 0 Å². The summed E-state index contributed by atoms with van der Waals surface area (Å²) in [5, 5.41) is 0.156. The standard InChI is InChI=1S/C17H15ClFN5O2/c1-9-21-15-14(18)12(8-20-16(15)24(9)2)17(26)23-22-13(25)7-10-3-5-11(19)6-4-10/h3-6,8H,7H2,1-2H3,(H,22,25)(H,23,26). The molecule has 0 bridgehead atoms. The van der Waals surface area contributed by atoms with Crippen LogP contribution in [-0.2, 0) is 18.3 Å². The first-order valence-corrected chi connectivity index (χ1v) is 8.05. The Labute approximate surface area is 153 Å². The number of hydrogen-bond acceptors (Lipinski definition) is 4. The van der Waals surface area contributed by atoms with Crippen molar-refractivity contribution in [1.29, 1.82) is 0 Å². The number of aromatic nitrogens is 3. The number of rotatable bonds is 3. The Balaban J connectivity index is 1.68. The van der Waals surface area contributed by atoms with Crippen LogP contribution < -0.4 is 10.9 Å². The van der Waals surface area contributed by atoms with Gasteiger partial charge in [-0.15, -0.1) is 0 Å². The summed E-state index contributed by atoms with van der Waals surface area (Å²) < 4.78 is 14.6. The van der Waals surface area contributed by atoms with Gasteiger partial charge in [-0.25, -0.2) is 14.4 Å². The van der Waals surface area contributed by atoms with E-state index in [1.54, 1.807) is 18.5 Å². The van der Waals surface area contributed by atoms with E-state index in [1.807, 2.05) is 0 Å². The number of amides is 2. The van der Waals surface area contributed by atoms with Crippen LogP contribution >= 0.6 is 11.6 Å². The molecule has 2 amide bonds. The first-order valence-electron chi connectivity index (χ1n) is 7.68. The zero-order valence-corrected chi connectivity index (χ0v) is 14.8. The van der Waals surface area contributed by atoms with Crippen molar-refractivity contribution >= 4 is 34.6 Å². The van der Waals surface area contributed by atoms with E-state index in [9.17, 15) is 14.0 Å². The fourth-order valence-electron chi connectivity index (χ4n) is 2.39. The van der Waals surface area contributed by atoms with Crippen LogP contribution in [0.1, 0.15) is 21.7 Å². The topological polar surface area (TPSA) is 88.9 Å². The number of nitrogens with one attached hydrogen (secondary N) is 2. The second-order valence-electron chi connectivity index (χ2n) is 5.68. The highest BCUT2D eigenvalue weighted by Gasteiger charge is 2.18. The molecule has 0 saturated heterocycles. The number of imidazole rings is 1. The Hall–Kier alpha value is -3.00. The van der Waals surface area contributed by atoms with E-state index in [-0.39, 0.29) is 22.8 Å². The molecule has 134 valence electrons. The number of nitrogens with zero attached hydrogens (tertiary/aromatic N) is 3. The summed E-state index contributed by atoms with van der Waals surface area (Å²) in [5.41, 5.74) is 6.26. The quantitative estimate of drug-likeness (QED) is 0.686. The average Bonchev–Trinajstić information content (AvgIpc) is 2.91. The molecule has 0 fully saturated rings. The van der Waals surface area contributed by atoms with E-state index in [2.05, 4.69) is 20.8 Å². The maximum absolute atomic E-state index is 12.9. The Morgan fingerprint density at radius 1 is 1.23 bits per heavy atom. The smallest absolute Gasteiger partial charge is 0.272 e. The number of fused-ring (bicyclic) bond motifs is 1. The summed E-state index contributed by atoms with van der Waals surface area (Å²) in [6.45, 7) is 1.80. The van der Waals surface area contributed by atoms with Gasteiger partial charge in [-0.3, -0.25) is 20.4 Å². The van der Waals surface area contributed by atoms with Crippen molar-refractivity contribution in [2.45, 2.75) is 13.3 Å². The molecule has 0 radical (unpaired) electrons. The Morgan fingerprint density at radius 3 is 2.62 bits per heavy atom. The third-order valence-corrected chi connectivity index (χ3v) is 4.27. The molecule has 0 aliphatic carbocycles. The van der Waals surface area contributed by atoms with Gasteiger partial charge in [0.05, 0.1) is 17.0 Å². The molecule has 0 aliphatic heterocycles. The normalized spacial score (nSPS) is 10.8. The van der Waals surface area contributed by atoms with Gasteiger partial charge in [0.15, 0.2) is 5.65 Å². The van der Waals surface area contributed by atoms with Crippen LogP contribution in [0.5, 0.6) is 0 Å². The lowest BCUT2D eigenvalue weighted by atomic mass is 10.1. The SMILES string of the molecule is Cc1nc2c(Cl)c(C(=O)NNC(=O)Cc3ccc(F)cc3)cnc2n1C. The Bertz CT molecular complexity index is 1000. The van der Waals surface area contributed by atoms with E-state index in [0.29, 0.717) is 22.6 Å². The number of benzene rings is 1. The lowest BCUT2D eigenvalue weighted by molar-refractivity contribution is -0.121. The summed E-state index contributed by atoms with van der Waals surface area (Å²) in [6.07, 6.45) is 1.32. The highest BCUT2D eigenvalue weighted by atomic mass is 35.5. The fraction of sp³-hybridized carbons (Fsp3) is 0.176. The van der Waals surface area contributed by atoms with Crippen LogP contribution in [0.4, 0.5) is 4.39 Å². The van der Waals surface area contributed by atoms with E-state index in [1.165, 1.54) is 30.5 Å². The molecule has 2 aromatic heterocycles. The van der Waals surface area contributed by atoms with Gasteiger partial charge in [0.1, 0.15) is 17.2 Å². The van der Waals surface area contributed by atoms with Crippen LogP contribution in [-0.4, -0.2) is 26.3 Å². The van der Waals surface area contributed by atoms with Gasteiger partial charge in [0.2, 0.25) is 5.91 Å². The third kappa shape index (κ3) is 3.50. The molecule has 2 heterocycles. The van der Waals surface area contributed by atoms with Crippen LogP contribution in [0, 0.1) is 12.7 Å². The first kappa shape index (κ1) is 17.8. The van der Waals surface area contributed by atoms with Gasteiger partial charge in [-0.2, -0.15) is 0 Å². The third-order valence-electron chi connectivity index (χ3n) is 3.89. The molecule has 26 heavy (non-hydrogen) atoms. The lowest BCUT2D eigenvalue weighted by Crippen LogP contribution is -2.42. The van der Waals surface area contributed by atoms with Crippen LogP contribution in [0.15, 0.2) is 30.5 Å². The van der Waals surface area contributed by atoms with Crippen LogP contribution in [0.2, 0.25) is 5.02 Å². The number of hydrogen-bond donors (Lipinski definition) is 2. The van der Waals surface area contributed by atoms with Crippen LogP contribution in [0.25, 0.3) is 11.2 Å². The van der Waals surface area contributed by atoms with Gasteiger partial charge < -0.3 is 4.57 Å². The summed E-state index contributed by atoms with van der Waals surface area (Å²) >= 11 is 6.26. The monoisotopic (exact) mass is 375 g/mol. The van der Waals surface area contributed by atoms with E-state index in [0.717, 1.165) is 0 Å². The minimum absolute atomic E-state index is 0.00892. The first-order chi connectivity index (χ1) is 12.4. The van der Waals surface area contributed by atoms with Crippen molar-refractivity contribution < 1.29 is 14.0 Å². The Morgan fingerprint density at radius 2 is 1.92 bits per heavy atom. The Kier molecular flexibility index (Phi) is 4.85. The van der Waals surface area contributed by atoms with Gasteiger partial charge in [0, 0.05) is 13.2 Å². The maximum atomic E-state index is 12.9. The van der Waals surface area contributed by atoms with Gasteiger partial charge in [-0.1, -0.05) is 23.7 Å². The second kappa shape index (κ2) is 7.09. The molecule has 1 aromatic carbocycles. The molecule has 3 rings (SSSR count). The molecule has 0 saturated carbocycles. The molecule has 3 aromatic rings. The number of carbonyl (C=O) groups excluding carboxylic acids is 2. The van der Waals surface area contributed by atoms with Crippen molar-refractivity contribution in [1.82, 2.24) is 25.4 Å². The van der Waals surface area contributed by atoms with Gasteiger partial charge in [0.25, 0.3) is 5.91 Å². The van der Waals surface area contributed by atoms with Crippen molar-refractivity contribution in [2.24, 2.45) is 7.05 Å². The molecule has 0 unspecified atom stereocenters. The van der Waals surface area contributed by atoms with Crippen molar-refractivity contribution in [3.05, 3.63) is 58.3 Å². The van der Waals surface area contributed by atoms with Crippen molar-refractivity contribution in [3.63, 3.8) is 0 Å². The maximum Gasteiger partial charge on any atom is 0.272 e. The highest BCUT2D eigenvalue weighted by molar-refractivity contribution is 6.37. The summed E-state index contributed by atoms with van der Waals surface area (Å²) in [6, 6.07) is 5.51. The predicted molar refractivity (Wildman–Crippen MR) is 94.0 cm³/mol. The van der Waals surface area contributed by atoms with Crippen LogP contribution in [0.3, 0.4) is 0 Å². The molecule has 0 aliphatic rings. The second-order valence-corrected chi connectivity index (χ2v) is 6.06. The number of halogens is 2. The van der Waals surface area contributed by atoms with E-state index in [4.69, 9.17) is 11.6 Å². The lowest BCUT2D eigenvalue weighted by Gasteiger charge is -2.08. The largest absolute Gasteiger partial charge is 0.316 e. The van der Waals surface area contributed by atoms with Gasteiger partial charge >= 0.3 is 0 Å². The number of carbonyl (C=O) groups is 2. The zero-order chi connectivity index (χ0) is 18.8. The molecule has 0 atom stereocenters. The minimum Gasteiger partial charge on any atom is -0.316 e. The predicted octanol–water partition coefficient (Wildman–Crippen LogP) is 2.07. The summed E-state index contributed by atoms with van der Waals surface area (Å²) in [4.78, 5) is 32.6. The number of aryl methyl sites for hydroxylation is 2.